The van der Waals surface area contributed by atoms with E-state index in [4.69, 9.17) is 57.2 Å². The molecule has 0 radical (unpaired) electrons. The minimum atomic E-state index is -0.984. The van der Waals surface area contributed by atoms with Gasteiger partial charge in [0, 0.05) is 26.0 Å². The number of carboxylic acid groups (broad SMARTS) is 1. The van der Waals surface area contributed by atoms with Gasteiger partial charge in [-0.15, -0.1) is 0 Å². The van der Waals surface area contributed by atoms with Crippen LogP contribution < -0.4 is 5.32 Å². The van der Waals surface area contributed by atoms with E-state index >= 15 is 0 Å². The first-order valence-electron chi connectivity index (χ1n) is 22.5. The second-order valence-corrected chi connectivity index (χ2v) is 13.9. The number of carbonyl (C=O) groups excluding carboxylic acids is 2. The molecule has 0 aliphatic heterocycles. The van der Waals surface area contributed by atoms with Gasteiger partial charge in [0.25, 0.3) is 0 Å². The summed E-state index contributed by atoms with van der Waals surface area (Å²) in [6, 6.07) is 0. The van der Waals surface area contributed by atoms with Gasteiger partial charge in [-0.1, -0.05) is 84.0 Å². The molecule has 0 aliphatic carbocycles. The molecule has 0 unspecified atom stereocenters. The van der Waals surface area contributed by atoms with Crippen molar-refractivity contribution in [2.45, 2.75) is 116 Å². The molecule has 0 atom stereocenters. The predicted octanol–water partition coefficient (Wildman–Crippen LogP) is 5.55. The molecule has 0 saturated carbocycles. The molecule has 0 aromatic carbocycles. The van der Waals surface area contributed by atoms with E-state index in [9.17, 15) is 14.4 Å². The maximum atomic E-state index is 11.9. The number of carboxylic acids is 1. The number of nitrogens with one attached hydrogen (secondary N) is 1. The van der Waals surface area contributed by atoms with Crippen molar-refractivity contribution in [3.05, 3.63) is 0 Å². The van der Waals surface area contributed by atoms with Crippen molar-refractivity contribution in [2.75, 3.05) is 145 Å². The molecule has 0 aliphatic rings. The fraction of sp³-hybridized carbons (Fsp3) is 0.930. The highest BCUT2D eigenvalue weighted by Crippen LogP contribution is 2.13. The Hall–Kier alpha value is -1.99. The van der Waals surface area contributed by atoms with E-state index in [1.807, 2.05) is 0 Å². The molecule has 0 saturated heterocycles. The van der Waals surface area contributed by atoms with Gasteiger partial charge in [0.15, 0.2) is 0 Å². The summed E-state index contributed by atoms with van der Waals surface area (Å²) < 4.78 is 60.0. The van der Waals surface area contributed by atoms with Crippen molar-refractivity contribution < 1.29 is 71.6 Å². The van der Waals surface area contributed by atoms with E-state index in [1.165, 1.54) is 70.6 Å². The molecule has 1 amide bonds. The topological polar surface area (TPSA) is 185 Å². The molecule has 16 nitrogen and oxygen atoms in total. The molecule has 16 heteroatoms. The molecule has 0 bridgehead atoms. The van der Waals surface area contributed by atoms with E-state index in [2.05, 4.69) is 12.2 Å². The Labute approximate surface area is 355 Å². The molecule has 0 aromatic heterocycles. The van der Waals surface area contributed by atoms with Gasteiger partial charge >= 0.3 is 11.9 Å². The Morgan fingerprint density at radius 1 is 0.356 bits per heavy atom. The molecular weight excluding hydrogens is 770 g/mol. The Morgan fingerprint density at radius 2 is 0.661 bits per heavy atom. The van der Waals surface area contributed by atoms with Crippen molar-refractivity contribution in [3.8, 4) is 0 Å². The van der Waals surface area contributed by atoms with E-state index in [0.717, 1.165) is 12.8 Å². The van der Waals surface area contributed by atoms with Gasteiger partial charge < -0.3 is 62.5 Å². The third kappa shape index (κ3) is 52.1. The van der Waals surface area contributed by atoms with Crippen LogP contribution in [-0.2, 0) is 66.5 Å². The van der Waals surface area contributed by atoms with Crippen LogP contribution in [0.5, 0.6) is 0 Å². The largest absolute Gasteiger partial charge is 0.481 e. The number of ether oxygens (including phenoxy) is 11. The van der Waals surface area contributed by atoms with E-state index < -0.39 is 5.97 Å². The highest BCUT2D eigenvalue weighted by molar-refractivity contribution is 5.80. The molecule has 0 aromatic rings. The van der Waals surface area contributed by atoms with Crippen molar-refractivity contribution in [1.82, 2.24) is 5.32 Å². The fourth-order valence-electron chi connectivity index (χ4n) is 5.37. The van der Waals surface area contributed by atoms with E-state index in [-0.39, 0.29) is 31.3 Å². The lowest BCUT2D eigenvalue weighted by Crippen LogP contribution is -2.25. The lowest BCUT2D eigenvalue weighted by atomic mass is 10.0. The van der Waals surface area contributed by atoms with Crippen LogP contribution >= 0.6 is 0 Å². The summed E-state index contributed by atoms with van der Waals surface area (Å²) in [6.07, 6.45) is 17.7. The van der Waals surface area contributed by atoms with Gasteiger partial charge in [-0.2, -0.15) is 0 Å². The molecular formula is C43H83NO15. The standard InChI is InChI=1S/C43H83NO15/c1-2-3-4-5-6-7-8-9-10-11-12-13-14-16-43(48)59-40-39-58-38-37-57-36-35-56-34-33-55-32-31-54-30-29-53-28-27-52-26-25-51-24-23-50-22-21-49-20-15-19-44-41(45)17-18-42(46)47/h2-40H2,1H3,(H,44,45)(H,46,47). The summed E-state index contributed by atoms with van der Waals surface area (Å²) in [5.74, 6) is -1.39. The second kappa shape index (κ2) is 50.4. The van der Waals surface area contributed by atoms with Gasteiger partial charge in [-0.25, -0.2) is 0 Å². The maximum Gasteiger partial charge on any atom is 0.305 e. The lowest BCUT2D eigenvalue weighted by Gasteiger charge is -2.09. The summed E-state index contributed by atoms with van der Waals surface area (Å²) in [6.45, 7) is 12.3. The number of hydrogen-bond donors (Lipinski definition) is 2. The van der Waals surface area contributed by atoms with Crippen LogP contribution in [0.3, 0.4) is 0 Å². The van der Waals surface area contributed by atoms with Gasteiger partial charge in [0.2, 0.25) is 5.91 Å². The first-order chi connectivity index (χ1) is 29.1. The molecule has 350 valence electrons. The lowest BCUT2D eigenvalue weighted by molar-refractivity contribution is -0.145. The molecule has 0 fully saturated rings. The molecule has 59 heavy (non-hydrogen) atoms. The number of aliphatic carboxylic acids is 1. The SMILES string of the molecule is CCCCCCCCCCCCCCCC(=O)OCCOCCOCCOCCOCCOCCOCCOCCOCCOCCOCCCNC(=O)CCC(=O)O. The van der Waals surface area contributed by atoms with E-state index in [1.54, 1.807) is 0 Å². The summed E-state index contributed by atoms with van der Waals surface area (Å²) in [4.78, 5) is 33.7. The fourth-order valence-corrected chi connectivity index (χ4v) is 5.37. The molecule has 2 N–H and O–H groups in total. The highest BCUT2D eigenvalue weighted by atomic mass is 16.6. The zero-order valence-electron chi connectivity index (χ0n) is 36.7. The Morgan fingerprint density at radius 3 is 1.00 bits per heavy atom. The van der Waals surface area contributed by atoms with Crippen LogP contribution in [0.15, 0.2) is 0 Å². The number of esters is 1. The average molecular weight is 854 g/mol. The monoisotopic (exact) mass is 854 g/mol. The van der Waals surface area contributed by atoms with Crippen LogP contribution in [-0.4, -0.2) is 168 Å². The Kier molecular flexibility index (Phi) is 48.7. The second-order valence-electron chi connectivity index (χ2n) is 13.9. The first kappa shape index (κ1) is 57.0. The van der Waals surface area contributed by atoms with Crippen molar-refractivity contribution in [1.29, 1.82) is 0 Å². The number of unbranched alkanes of at least 4 members (excludes halogenated alkanes) is 12. The van der Waals surface area contributed by atoms with Crippen molar-refractivity contribution in [2.24, 2.45) is 0 Å². The zero-order chi connectivity index (χ0) is 42.8. The highest BCUT2D eigenvalue weighted by Gasteiger charge is 2.05. The summed E-state index contributed by atoms with van der Waals surface area (Å²) in [5.41, 5.74) is 0. The summed E-state index contributed by atoms with van der Waals surface area (Å²) in [5, 5.41) is 11.2. The van der Waals surface area contributed by atoms with Crippen LogP contribution in [0.2, 0.25) is 0 Å². The minimum absolute atomic E-state index is 0.0125. The van der Waals surface area contributed by atoms with Gasteiger partial charge in [0.1, 0.15) is 6.61 Å². The summed E-state index contributed by atoms with van der Waals surface area (Å²) in [7, 11) is 0. The van der Waals surface area contributed by atoms with Crippen LogP contribution in [0, 0.1) is 0 Å². The minimum Gasteiger partial charge on any atom is -0.481 e. The van der Waals surface area contributed by atoms with Gasteiger partial charge in [-0.3, -0.25) is 14.4 Å². The van der Waals surface area contributed by atoms with Gasteiger partial charge in [-0.05, 0) is 12.8 Å². The quantitative estimate of drug-likeness (QED) is 0.0573. The number of rotatable bonds is 51. The average Bonchev–Trinajstić information content (AvgIpc) is 3.23. The molecule has 0 rings (SSSR count). The molecule has 0 heterocycles. The Bertz CT molecular complexity index is 886. The van der Waals surface area contributed by atoms with Crippen LogP contribution in [0.1, 0.15) is 116 Å². The van der Waals surface area contributed by atoms with Gasteiger partial charge in [0.05, 0.1) is 132 Å². The third-order valence-corrected chi connectivity index (χ3v) is 8.68. The number of amides is 1. The first-order valence-corrected chi connectivity index (χ1v) is 22.5. The van der Waals surface area contributed by atoms with Crippen molar-refractivity contribution >= 4 is 17.8 Å². The zero-order valence-corrected chi connectivity index (χ0v) is 36.7. The number of hydrogen-bond acceptors (Lipinski definition) is 14. The summed E-state index contributed by atoms with van der Waals surface area (Å²) >= 11 is 0. The van der Waals surface area contributed by atoms with E-state index in [0.29, 0.717) is 152 Å². The smallest absolute Gasteiger partial charge is 0.305 e. The van der Waals surface area contributed by atoms with Crippen LogP contribution in [0.4, 0.5) is 0 Å². The Balaban J connectivity index is 3.14. The normalized spacial score (nSPS) is 11.3. The van der Waals surface area contributed by atoms with Crippen LogP contribution in [0.25, 0.3) is 0 Å². The van der Waals surface area contributed by atoms with Crippen molar-refractivity contribution in [3.63, 3.8) is 0 Å². The predicted molar refractivity (Wildman–Crippen MR) is 224 cm³/mol. The maximum absolute atomic E-state index is 11.9. The number of carbonyl (C=O) groups is 3. The third-order valence-electron chi connectivity index (χ3n) is 8.68. The molecule has 0 spiro atoms.